The van der Waals surface area contributed by atoms with Crippen molar-refractivity contribution in [1.82, 2.24) is 5.32 Å². The monoisotopic (exact) mass is 199 g/mol. The van der Waals surface area contributed by atoms with Crippen molar-refractivity contribution in [2.45, 2.75) is 32.1 Å². The lowest BCUT2D eigenvalue weighted by atomic mass is 9.79. The molecule has 2 heteroatoms. The number of allylic oxidation sites excluding steroid dienone is 2. The molecule has 2 aliphatic rings. The first-order chi connectivity index (χ1) is 6.38. The summed E-state index contributed by atoms with van der Waals surface area (Å²) in [5.41, 5.74) is 0. The first-order valence-electron chi connectivity index (χ1n) is 5.44. The molecule has 0 saturated carbocycles. The van der Waals surface area contributed by atoms with E-state index in [4.69, 9.17) is 11.6 Å². The van der Waals surface area contributed by atoms with Gasteiger partial charge in [-0.05, 0) is 57.0 Å². The van der Waals surface area contributed by atoms with E-state index in [2.05, 4.69) is 11.4 Å². The molecule has 1 aliphatic heterocycles. The third-order valence-corrected chi connectivity index (χ3v) is 3.80. The average Bonchev–Trinajstić information content (AvgIpc) is 2.20. The zero-order valence-electron chi connectivity index (χ0n) is 8.06. The summed E-state index contributed by atoms with van der Waals surface area (Å²) in [5.74, 6) is 1.54. The molecule has 1 aliphatic carbocycles. The van der Waals surface area contributed by atoms with Gasteiger partial charge in [-0.25, -0.2) is 0 Å². The Morgan fingerprint density at radius 3 is 2.69 bits per heavy atom. The maximum absolute atomic E-state index is 6.26. The van der Waals surface area contributed by atoms with E-state index in [1.54, 1.807) is 0 Å². The summed E-state index contributed by atoms with van der Waals surface area (Å²) in [5, 5.41) is 4.56. The van der Waals surface area contributed by atoms with Gasteiger partial charge in [0.15, 0.2) is 0 Å². The topological polar surface area (TPSA) is 12.0 Å². The third-order valence-electron chi connectivity index (χ3n) is 3.37. The molecule has 0 spiro atoms. The first kappa shape index (κ1) is 9.54. The van der Waals surface area contributed by atoms with Gasteiger partial charge in [0.05, 0.1) is 0 Å². The van der Waals surface area contributed by atoms with Crippen molar-refractivity contribution in [3.8, 4) is 0 Å². The van der Waals surface area contributed by atoms with E-state index < -0.39 is 0 Å². The normalized spacial score (nSPS) is 31.5. The highest BCUT2D eigenvalue weighted by Crippen LogP contribution is 2.37. The lowest BCUT2D eigenvalue weighted by Gasteiger charge is -2.32. The molecule has 0 aromatic heterocycles. The molecular weight excluding hydrogens is 182 g/mol. The summed E-state index contributed by atoms with van der Waals surface area (Å²) in [6.45, 7) is 2.37. The molecule has 1 nitrogen and oxygen atoms in total. The molecule has 0 aromatic carbocycles. The van der Waals surface area contributed by atoms with Gasteiger partial charge in [0.25, 0.3) is 0 Å². The van der Waals surface area contributed by atoms with Crippen molar-refractivity contribution in [3.05, 3.63) is 11.1 Å². The molecule has 2 rings (SSSR count). The minimum atomic E-state index is 0.692. The highest BCUT2D eigenvalue weighted by molar-refractivity contribution is 6.29. The Kier molecular flexibility index (Phi) is 3.28. The van der Waals surface area contributed by atoms with Gasteiger partial charge in [-0.15, -0.1) is 0 Å². The van der Waals surface area contributed by atoms with Gasteiger partial charge >= 0.3 is 0 Å². The number of hydrogen-bond acceptors (Lipinski definition) is 1. The van der Waals surface area contributed by atoms with Crippen molar-refractivity contribution in [2.75, 3.05) is 13.1 Å². The molecule has 74 valence electrons. The molecule has 1 atom stereocenters. The van der Waals surface area contributed by atoms with E-state index in [0.717, 1.165) is 11.0 Å². The maximum Gasteiger partial charge on any atom is 0.0174 e. The van der Waals surface area contributed by atoms with Crippen LogP contribution in [0.1, 0.15) is 32.1 Å². The minimum Gasteiger partial charge on any atom is -0.317 e. The van der Waals surface area contributed by atoms with Gasteiger partial charge < -0.3 is 5.32 Å². The van der Waals surface area contributed by atoms with Gasteiger partial charge in [0.2, 0.25) is 0 Å². The quantitative estimate of drug-likeness (QED) is 0.685. The number of piperidine rings is 1. The standard InChI is InChI=1S/C11H18ClN/c12-11-4-2-1-3-10(11)9-5-7-13-8-6-9/h4,9-10,13H,1-3,5-8H2. The lowest BCUT2D eigenvalue weighted by molar-refractivity contribution is 0.275. The molecule has 1 unspecified atom stereocenters. The zero-order chi connectivity index (χ0) is 9.10. The Bertz CT molecular complexity index is 194. The molecule has 1 N–H and O–H groups in total. The fourth-order valence-corrected chi connectivity index (χ4v) is 2.97. The van der Waals surface area contributed by atoms with Crippen LogP contribution in [0.2, 0.25) is 0 Å². The van der Waals surface area contributed by atoms with Gasteiger partial charge in [-0.2, -0.15) is 0 Å². The van der Waals surface area contributed by atoms with Crippen LogP contribution in [0.25, 0.3) is 0 Å². The highest BCUT2D eigenvalue weighted by Gasteiger charge is 2.26. The number of nitrogens with one attached hydrogen (secondary N) is 1. The molecule has 1 saturated heterocycles. The van der Waals surface area contributed by atoms with Gasteiger partial charge in [0, 0.05) is 5.03 Å². The second kappa shape index (κ2) is 4.47. The van der Waals surface area contributed by atoms with Crippen molar-refractivity contribution in [3.63, 3.8) is 0 Å². The first-order valence-corrected chi connectivity index (χ1v) is 5.82. The fraction of sp³-hybridized carbons (Fsp3) is 0.818. The predicted octanol–water partition coefficient (Wildman–Crippen LogP) is 2.91. The van der Waals surface area contributed by atoms with Crippen LogP contribution >= 0.6 is 11.6 Å². The second-order valence-electron chi connectivity index (χ2n) is 4.21. The molecule has 13 heavy (non-hydrogen) atoms. The number of halogens is 1. The summed E-state index contributed by atoms with van der Waals surface area (Å²) < 4.78 is 0. The molecular formula is C11H18ClN. The minimum absolute atomic E-state index is 0.692. The summed E-state index contributed by atoms with van der Waals surface area (Å²) >= 11 is 6.26. The fourth-order valence-electron chi connectivity index (χ4n) is 2.57. The third kappa shape index (κ3) is 2.26. The highest BCUT2D eigenvalue weighted by atomic mass is 35.5. The van der Waals surface area contributed by atoms with E-state index in [0.29, 0.717) is 5.92 Å². The van der Waals surface area contributed by atoms with E-state index in [1.807, 2.05) is 0 Å². The van der Waals surface area contributed by atoms with E-state index >= 15 is 0 Å². The smallest absolute Gasteiger partial charge is 0.0174 e. The van der Waals surface area contributed by atoms with Gasteiger partial charge in [-0.1, -0.05) is 17.7 Å². The summed E-state index contributed by atoms with van der Waals surface area (Å²) in [6, 6.07) is 0. The Hall–Kier alpha value is -0.0100. The molecule has 1 heterocycles. The van der Waals surface area contributed by atoms with Crippen LogP contribution < -0.4 is 5.32 Å². The summed E-state index contributed by atoms with van der Waals surface area (Å²) in [7, 11) is 0. The maximum atomic E-state index is 6.26. The van der Waals surface area contributed by atoms with Crippen LogP contribution in [0, 0.1) is 11.8 Å². The Labute approximate surface area is 85.5 Å². The average molecular weight is 200 g/mol. The molecule has 1 fully saturated rings. The Morgan fingerprint density at radius 2 is 2.00 bits per heavy atom. The van der Waals surface area contributed by atoms with Crippen LogP contribution in [-0.2, 0) is 0 Å². The Morgan fingerprint density at radius 1 is 1.23 bits per heavy atom. The van der Waals surface area contributed by atoms with Gasteiger partial charge in [-0.3, -0.25) is 0 Å². The van der Waals surface area contributed by atoms with Crippen LogP contribution in [0.3, 0.4) is 0 Å². The number of hydrogen-bond donors (Lipinski definition) is 1. The summed E-state index contributed by atoms with van der Waals surface area (Å²) in [6.07, 6.45) is 8.71. The van der Waals surface area contributed by atoms with E-state index in [-0.39, 0.29) is 0 Å². The van der Waals surface area contributed by atoms with Crippen molar-refractivity contribution in [1.29, 1.82) is 0 Å². The van der Waals surface area contributed by atoms with E-state index in [1.165, 1.54) is 45.2 Å². The zero-order valence-corrected chi connectivity index (χ0v) is 8.82. The van der Waals surface area contributed by atoms with Crippen LogP contribution in [0.4, 0.5) is 0 Å². The number of rotatable bonds is 1. The van der Waals surface area contributed by atoms with Crippen molar-refractivity contribution >= 4 is 11.6 Å². The van der Waals surface area contributed by atoms with Crippen LogP contribution in [0.15, 0.2) is 11.1 Å². The second-order valence-corrected chi connectivity index (χ2v) is 4.65. The van der Waals surface area contributed by atoms with Crippen molar-refractivity contribution < 1.29 is 0 Å². The van der Waals surface area contributed by atoms with Gasteiger partial charge in [0.1, 0.15) is 0 Å². The SMILES string of the molecule is ClC1=CCCCC1C1CCNCC1. The van der Waals surface area contributed by atoms with Crippen LogP contribution in [0.5, 0.6) is 0 Å². The lowest BCUT2D eigenvalue weighted by Crippen LogP contribution is -2.32. The molecule has 0 radical (unpaired) electrons. The molecule has 0 amide bonds. The Balaban J connectivity index is 1.97. The summed E-state index contributed by atoms with van der Waals surface area (Å²) in [4.78, 5) is 0. The van der Waals surface area contributed by atoms with Crippen molar-refractivity contribution in [2.24, 2.45) is 11.8 Å². The molecule has 0 aromatic rings. The predicted molar refractivity (Wildman–Crippen MR) is 56.9 cm³/mol. The van der Waals surface area contributed by atoms with Crippen LogP contribution in [-0.4, -0.2) is 13.1 Å². The molecule has 0 bridgehead atoms. The van der Waals surface area contributed by atoms with E-state index in [9.17, 15) is 0 Å². The largest absolute Gasteiger partial charge is 0.317 e.